The fourth-order valence-electron chi connectivity index (χ4n) is 2.60. The van der Waals surface area contributed by atoms with Crippen molar-refractivity contribution in [2.75, 3.05) is 32.7 Å². The third-order valence-corrected chi connectivity index (χ3v) is 3.52. The Morgan fingerprint density at radius 3 is 2.82 bits per heavy atom. The Kier molecular flexibility index (Phi) is 3.83. The molecule has 0 aromatic heterocycles. The molecule has 0 bridgehead atoms. The Morgan fingerprint density at radius 1 is 1.24 bits per heavy atom. The van der Waals surface area contributed by atoms with Gasteiger partial charge in [0, 0.05) is 25.7 Å². The van der Waals surface area contributed by atoms with Gasteiger partial charge in [-0.3, -0.25) is 9.69 Å². The molecule has 6 heteroatoms. The largest absolute Gasteiger partial charge is 0.480 e. The Hall–Kier alpha value is -1.30. The summed E-state index contributed by atoms with van der Waals surface area (Å²) in [6.07, 6.45) is 3.62. The van der Waals surface area contributed by atoms with Gasteiger partial charge in [0.1, 0.15) is 6.54 Å². The van der Waals surface area contributed by atoms with Gasteiger partial charge in [-0.25, -0.2) is 4.79 Å². The summed E-state index contributed by atoms with van der Waals surface area (Å²) < 4.78 is 0. The van der Waals surface area contributed by atoms with Gasteiger partial charge in [-0.15, -0.1) is 0 Å². The number of urea groups is 1. The number of aliphatic carboxylic acids is 1. The quantitative estimate of drug-likeness (QED) is 0.711. The standard InChI is InChI=1S/C11H19N3O3/c15-10(16)7-12-11(17)14-6-5-13-4-2-1-3-9(13)8-14/h9H,1-8H2,(H,12,17)(H,15,16). The zero-order valence-electron chi connectivity index (χ0n) is 9.89. The summed E-state index contributed by atoms with van der Waals surface area (Å²) >= 11 is 0. The van der Waals surface area contributed by atoms with Crippen molar-refractivity contribution in [3.63, 3.8) is 0 Å². The zero-order chi connectivity index (χ0) is 12.3. The summed E-state index contributed by atoms with van der Waals surface area (Å²) in [6, 6.07) is 0.214. The number of nitrogens with zero attached hydrogens (tertiary/aromatic N) is 2. The average molecular weight is 241 g/mol. The topological polar surface area (TPSA) is 72.9 Å². The maximum atomic E-state index is 11.7. The number of piperidine rings is 1. The number of piperazine rings is 1. The fraction of sp³-hybridized carbons (Fsp3) is 0.818. The van der Waals surface area contributed by atoms with Gasteiger partial charge in [0.05, 0.1) is 0 Å². The molecule has 2 fully saturated rings. The first-order chi connectivity index (χ1) is 8.16. The Balaban J connectivity index is 1.82. The Morgan fingerprint density at radius 2 is 2.06 bits per heavy atom. The van der Waals surface area contributed by atoms with E-state index < -0.39 is 5.97 Å². The molecule has 0 radical (unpaired) electrons. The summed E-state index contributed by atoms with van der Waals surface area (Å²) in [4.78, 5) is 26.2. The molecule has 0 aliphatic carbocycles. The highest BCUT2D eigenvalue weighted by Crippen LogP contribution is 2.20. The predicted molar refractivity (Wildman–Crippen MR) is 61.8 cm³/mol. The van der Waals surface area contributed by atoms with E-state index in [1.165, 1.54) is 12.8 Å². The molecule has 2 aliphatic rings. The van der Waals surface area contributed by atoms with E-state index in [-0.39, 0.29) is 12.6 Å². The number of rotatable bonds is 2. The maximum Gasteiger partial charge on any atom is 0.323 e. The number of amides is 2. The first-order valence-electron chi connectivity index (χ1n) is 6.15. The van der Waals surface area contributed by atoms with Crippen LogP contribution in [0.25, 0.3) is 0 Å². The fourth-order valence-corrected chi connectivity index (χ4v) is 2.60. The van der Waals surface area contributed by atoms with Crippen molar-refractivity contribution in [3.8, 4) is 0 Å². The summed E-state index contributed by atoms with van der Waals surface area (Å²) in [6.45, 7) is 3.16. The number of carboxylic acid groups (broad SMARTS) is 1. The van der Waals surface area contributed by atoms with Crippen LogP contribution in [0.4, 0.5) is 4.79 Å². The molecule has 2 heterocycles. The molecule has 2 aliphatic heterocycles. The number of carbonyl (C=O) groups excluding carboxylic acids is 1. The molecule has 96 valence electrons. The average Bonchev–Trinajstić information content (AvgIpc) is 2.35. The van der Waals surface area contributed by atoms with Crippen molar-refractivity contribution < 1.29 is 14.7 Å². The van der Waals surface area contributed by atoms with E-state index in [4.69, 9.17) is 5.11 Å². The number of carboxylic acids is 1. The molecule has 2 amide bonds. The third-order valence-electron chi connectivity index (χ3n) is 3.52. The molecule has 0 saturated carbocycles. The molecule has 2 saturated heterocycles. The minimum Gasteiger partial charge on any atom is -0.480 e. The highest BCUT2D eigenvalue weighted by molar-refractivity contribution is 5.80. The van der Waals surface area contributed by atoms with E-state index in [9.17, 15) is 9.59 Å². The SMILES string of the molecule is O=C(O)CNC(=O)N1CCN2CCCCC2C1. The summed E-state index contributed by atoms with van der Waals surface area (Å²) in [5.74, 6) is -1.00. The molecule has 17 heavy (non-hydrogen) atoms. The molecular formula is C11H19N3O3. The van der Waals surface area contributed by atoms with E-state index in [1.54, 1.807) is 4.90 Å². The number of hydrogen-bond acceptors (Lipinski definition) is 3. The van der Waals surface area contributed by atoms with Crippen LogP contribution in [0.3, 0.4) is 0 Å². The second-order valence-corrected chi connectivity index (χ2v) is 4.68. The monoisotopic (exact) mass is 241 g/mol. The van der Waals surface area contributed by atoms with Crippen molar-refractivity contribution in [2.24, 2.45) is 0 Å². The minimum absolute atomic E-state index is 0.252. The third kappa shape index (κ3) is 3.09. The van der Waals surface area contributed by atoms with Gasteiger partial charge in [-0.1, -0.05) is 6.42 Å². The van der Waals surface area contributed by atoms with Crippen LogP contribution in [-0.4, -0.2) is 65.7 Å². The van der Waals surface area contributed by atoms with Crippen LogP contribution in [0.2, 0.25) is 0 Å². The van der Waals surface area contributed by atoms with Crippen molar-refractivity contribution in [1.82, 2.24) is 15.1 Å². The van der Waals surface area contributed by atoms with Gasteiger partial charge < -0.3 is 15.3 Å². The van der Waals surface area contributed by atoms with Gasteiger partial charge in [-0.2, -0.15) is 0 Å². The predicted octanol–water partition coefficient (Wildman–Crippen LogP) is -0.0493. The van der Waals surface area contributed by atoms with Gasteiger partial charge in [-0.05, 0) is 19.4 Å². The molecule has 1 atom stereocenters. The smallest absolute Gasteiger partial charge is 0.323 e. The summed E-state index contributed by atoms with van der Waals surface area (Å²) in [7, 11) is 0. The first-order valence-corrected chi connectivity index (χ1v) is 6.15. The van der Waals surface area contributed by atoms with E-state index in [1.807, 2.05) is 0 Å². The number of hydrogen-bond donors (Lipinski definition) is 2. The second kappa shape index (κ2) is 5.35. The normalized spacial score (nSPS) is 25.2. The zero-order valence-corrected chi connectivity index (χ0v) is 9.89. The Labute approximate surface area is 101 Å². The highest BCUT2D eigenvalue weighted by atomic mass is 16.4. The summed E-state index contributed by atoms with van der Waals surface area (Å²) in [5, 5.41) is 10.9. The van der Waals surface area contributed by atoms with Crippen LogP contribution >= 0.6 is 0 Å². The van der Waals surface area contributed by atoms with Crippen molar-refractivity contribution >= 4 is 12.0 Å². The maximum absolute atomic E-state index is 11.7. The van der Waals surface area contributed by atoms with Crippen molar-refractivity contribution in [2.45, 2.75) is 25.3 Å². The minimum atomic E-state index is -1.00. The second-order valence-electron chi connectivity index (χ2n) is 4.68. The van der Waals surface area contributed by atoms with Crippen LogP contribution in [0.1, 0.15) is 19.3 Å². The van der Waals surface area contributed by atoms with Crippen molar-refractivity contribution in [3.05, 3.63) is 0 Å². The van der Waals surface area contributed by atoms with Gasteiger partial charge in [0.25, 0.3) is 0 Å². The van der Waals surface area contributed by atoms with Crippen LogP contribution in [0.5, 0.6) is 0 Å². The van der Waals surface area contributed by atoms with Crippen molar-refractivity contribution in [1.29, 1.82) is 0 Å². The molecule has 6 nitrogen and oxygen atoms in total. The lowest BCUT2D eigenvalue weighted by Gasteiger charge is -2.43. The van der Waals surface area contributed by atoms with Gasteiger partial charge in [0.15, 0.2) is 0 Å². The highest BCUT2D eigenvalue weighted by Gasteiger charge is 2.30. The van der Waals surface area contributed by atoms with Crippen LogP contribution in [0, 0.1) is 0 Å². The van der Waals surface area contributed by atoms with E-state index >= 15 is 0 Å². The van der Waals surface area contributed by atoms with E-state index in [0.29, 0.717) is 12.6 Å². The van der Waals surface area contributed by atoms with Crippen LogP contribution < -0.4 is 5.32 Å². The number of nitrogens with one attached hydrogen (secondary N) is 1. The molecule has 0 aromatic rings. The lowest BCUT2D eigenvalue weighted by molar-refractivity contribution is -0.135. The Bertz CT molecular complexity index is 308. The molecule has 2 N–H and O–H groups in total. The van der Waals surface area contributed by atoms with Crippen LogP contribution in [0.15, 0.2) is 0 Å². The molecular weight excluding hydrogens is 222 g/mol. The van der Waals surface area contributed by atoms with Gasteiger partial charge >= 0.3 is 12.0 Å². The van der Waals surface area contributed by atoms with Gasteiger partial charge in [0.2, 0.25) is 0 Å². The lowest BCUT2D eigenvalue weighted by atomic mass is 10.00. The van der Waals surface area contributed by atoms with E-state index in [0.717, 1.165) is 26.1 Å². The molecule has 1 unspecified atom stereocenters. The lowest BCUT2D eigenvalue weighted by Crippen LogP contribution is -2.58. The molecule has 0 spiro atoms. The summed E-state index contributed by atoms with van der Waals surface area (Å²) in [5.41, 5.74) is 0. The van der Waals surface area contributed by atoms with E-state index in [2.05, 4.69) is 10.2 Å². The molecule has 2 rings (SSSR count). The number of carbonyl (C=O) groups is 2. The first kappa shape index (κ1) is 12.2. The van der Waals surface area contributed by atoms with Crippen LogP contribution in [-0.2, 0) is 4.79 Å². The number of fused-ring (bicyclic) bond motifs is 1. The molecule has 0 aromatic carbocycles.